The minimum Gasteiger partial charge on any atom is -0.315 e. The molecule has 1 unspecified atom stereocenters. The van der Waals surface area contributed by atoms with Crippen LogP contribution in [0.25, 0.3) is 4.85 Å². The van der Waals surface area contributed by atoms with E-state index in [0.717, 1.165) is 18.9 Å². The van der Waals surface area contributed by atoms with Crippen molar-refractivity contribution in [2.75, 3.05) is 0 Å². The molecule has 1 fully saturated rings. The second kappa shape index (κ2) is 4.27. The number of nitrogens with two attached hydrogens (primary N) is 1. The van der Waals surface area contributed by atoms with Gasteiger partial charge in [0.25, 0.3) is 0 Å². The van der Waals surface area contributed by atoms with E-state index in [-0.39, 0.29) is 17.0 Å². The Morgan fingerprint density at radius 3 is 2.76 bits per heavy atom. The van der Waals surface area contributed by atoms with Crippen molar-refractivity contribution in [1.82, 2.24) is 0 Å². The van der Waals surface area contributed by atoms with Crippen molar-refractivity contribution >= 4 is 11.5 Å². The van der Waals surface area contributed by atoms with Crippen LogP contribution in [0.1, 0.15) is 31.2 Å². The molecule has 17 heavy (non-hydrogen) atoms. The van der Waals surface area contributed by atoms with Gasteiger partial charge in [0.1, 0.15) is 11.4 Å². The van der Waals surface area contributed by atoms with Gasteiger partial charge >= 0.3 is 0 Å². The maximum absolute atomic E-state index is 13.9. The van der Waals surface area contributed by atoms with Gasteiger partial charge in [-0.05, 0) is 18.9 Å². The minimum absolute atomic E-state index is 0.113. The Hall–Kier alpha value is -1.73. The standard InChI is InChI=1S/C13H13FN2O/c1-16-9-5-6-10(11(14)8-9)13(15)7-3-2-4-12(13)17/h5-6,8H,2-4,7,15H2. The van der Waals surface area contributed by atoms with Gasteiger partial charge in [-0.2, -0.15) is 0 Å². The first-order chi connectivity index (χ1) is 8.08. The van der Waals surface area contributed by atoms with Gasteiger partial charge in [0.15, 0.2) is 11.5 Å². The molecular weight excluding hydrogens is 219 g/mol. The van der Waals surface area contributed by atoms with Gasteiger partial charge in [-0.1, -0.05) is 18.6 Å². The fourth-order valence-corrected chi connectivity index (χ4v) is 2.27. The molecule has 1 aromatic carbocycles. The number of benzene rings is 1. The Balaban J connectivity index is 2.46. The lowest BCUT2D eigenvalue weighted by Crippen LogP contribution is -2.47. The Bertz CT molecular complexity index is 507. The summed E-state index contributed by atoms with van der Waals surface area (Å²) in [4.78, 5) is 15.0. The van der Waals surface area contributed by atoms with Crippen LogP contribution in [0.2, 0.25) is 0 Å². The highest BCUT2D eigenvalue weighted by Gasteiger charge is 2.39. The third-order valence-electron chi connectivity index (χ3n) is 3.28. The largest absolute Gasteiger partial charge is 0.315 e. The van der Waals surface area contributed by atoms with E-state index in [4.69, 9.17) is 12.3 Å². The summed E-state index contributed by atoms with van der Waals surface area (Å²) in [7, 11) is 0. The second-order valence-corrected chi connectivity index (χ2v) is 4.38. The topological polar surface area (TPSA) is 47.5 Å². The van der Waals surface area contributed by atoms with Crippen LogP contribution in [0.5, 0.6) is 0 Å². The summed E-state index contributed by atoms with van der Waals surface area (Å²) >= 11 is 0. The molecule has 0 aliphatic heterocycles. The molecule has 2 N–H and O–H groups in total. The summed E-state index contributed by atoms with van der Waals surface area (Å²) in [6.45, 7) is 6.80. The van der Waals surface area contributed by atoms with Crippen LogP contribution in [0.4, 0.5) is 10.1 Å². The number of Topliss-reactive ketones (excluding diaryl/α,β-unsaturated/α-hetero) is 1. The molecule has 1 aromatic rings. The van der Waals surface area contributed by atoms with Gasteiger partial charge in [0.05, 0.1) is 6.57 Å². The van der Waals surface area contributed by atoms with Crippen LogP contribution in [0.3, 0.4) is 0 Å². The van der Waals surface area contributed by atoms with Gasteiger partial charge in [-0.3, -0.25) is 4.79 Å². The van der Waals surface area contributed by atoms with Crippen LogP contribution < -0.4 is 5.73 Å². The van der Waals surface area contributed by atoms with Gasteiger partial charge in [-0.25, -0.2) is 9.24 Å². The molecule has 1 saturated carbocycles. The Morgan fingerprint density at radius 2 is 2.18 bits per heavy atom. The highest BCUT2D eigenvalue weighted by Crippen LogP contribution is 2.34. The van der Waals surface area contributed by atoms with Gasteiger partial charge in [0.2, 0.25) is 0 Å². The molecule has 2 rings (SSSR count). The number of hydrogen-bond acceptors (Lipinski definition) is 2. The molecule has 0 spiro atoms. The number of rotatable bonds is 1. The Labute approximate surface area is 99.2 Å². The summed E-state index contributed by atoms with van der Waals surface area (Å²) in [5, 5.41) is 0. The lowest BCUT2D eigenvalue weighted by atomic mass is 9.76. The average Bonchev–Trinajstić information content (AvgIpc) is 2.32. The number of carbonyl (C=O) groups excluding carboxylic acids is 1. The molecule has 0 heterocycles. The van der Waals surface area contributed by atoms with Crippen molar-refractivity contribution in [2.24, 2.45) is 5.73 Å². The average molecular weight is 232 g/mol. The van der Waals surface area contributed by atoms with Crippen molar-refractivity contribution in [2.45, 2.75) is 31.2 Å². The molecule has 0 aromatic heterocycles. The molecule has 0 bridgehead atoms. The highest BCUT2D eigenvalue weighted by atomic mass is 19.1. The van der Waals surface area contributed by atoms with E-state index in [9.17, 15) is 9.18 Å². The van der Waals surface area contributed by atoms with E-state index >= 15 is 0 Å². The van der Waals surface area contributed by atoms with E-state index in [0.29, 0.717) is 12.8 Å². The number of halogens is 1. The quantitative estimate of drug-likeness (QED) is 0.757. The van der Waals surface area contributed by atoms with E-state index in [1.807, 2.05) is 0 Å². The summed E-state index contributed by atoms with van der Waals surface area (Å²) in [6.07, 6.45) is 2.52. The smallest absolute Gasteiger partial charge is 0.190 e. The van der Waals surface area contributed by atoms with E-state index in [1.54, 1.807) is 0 Å². The molecule has 0 saturated heterocycles. The molecule has 88 valence electrons. The van der Waals surface area contributed by atoms with Crippen LogP contribution >= 0.6 is 0 Å². The van der Waals surface area contributed by atoms with Crippen molar-refractivity contribution < 1.29 is 9.18 Å². The number of hydrogen-bond donors (Lipinski definition) is 1. The van der Waals surface area contributed by atoms with Gasteiger partial charge in [-0.15, -0.1) is 0 Å². The van der Waals surface area contributed by atoms with Crippen molar-refractivity contribution in [1.29, 1.82) is 0 Å². The lowest BCUT2D eigenvalue weighted by Gasteiger charge is -2.32. The number of nitrogens with zero attached hydrogens (tertiary/aromatic N) is 1. The normalized spacial score (nSPS) is 24.4. The first-order valence-electron chi connectivity index (χ1n) is 5.57. The van der Waals surface area contributed by atoms with E-state index < -0.39 is 11.4 Å². The third-order valence-corrected chi connectivity index (χ3v) is 3.28. The van der Waals surface area contributed by atoms with E-state index in [1.165, 1.54) is 12.1 Å². The molecule has 0 amide bonds. The summed E-state index contributed by atoms with van der Waals surface area (Å²) in [5.41, 5.74) is 5.28. The minimum atomic E-state index is -1.21. The van der Waals surface area contributed by atoms with Crippen LogP contribution in [-0.4, -0.2) is 5.78 Å². The maximum Gasteiger partial charge on any atom is 0.190 e. The summed E-state index contributed by atoms with van der Waals surface area (Å²) in [6, 6.07) is 4.10. The fraction of sp³-hybridized carbons (Fsp3) is 0.385. The molecule has 4 heteroatoms. The predicted octanol–water partition coefficient (Wildman–Crippen LogP) is 2.67. The predicted molar refractivity (Wildman–Crippen MR) is 62.0 cm³/mol. The van der Waals surface area contributed by atoms with Crippen LogP contribution in [-0.2, 0) is 10.3 Å². The SMILES string of the molecule is [C-]#[N+]c1ccc(C2(N)CCCCC2=O)c(F)c1. The summed E-state index contributed by atoms with van der Waals surface area (Å²) < 4.78 is 13.9. The molecule has 1 aliphatic rings. The second-order valence-electron chi connectivity index (χ2n) is 4.38. The lowest BCUT2D eigenvalue weighted by molar-refractivity contribution is -0.126. The zero-order valence-electron chi connectivity index (χ0n) is 9.37. The molecule has 1 atom stereocenters. The first-order valence-corrected chi connectivity index (χ1v) is 5.57. The zero-order valence-corrected chi connectivity index (χ0v) is 9.37. The number of carbonyl (C=O) groups is 1. The van der Waals surface area contributed by atoms with E-state index in [2.05, 4.69) is 4.85 Å². The van der Waals surface area contributed by atoms with Gasteiger partial charge in [0, 0.05) is 12.0 Å². The van der Waals surface area contributed by atoms with Crippen molar-refractivity contribution in [3.05, 3.63) is 41.0 Å². The molecule has 3 nitrogen and oxygen atoms in total. The monoisotopic (exact) mass is 232 g/mol. The molecular formula is C13H13FN2O. The van der Waals surface area contributed by atoms with Crippen LogP contribution in [0.15, 0.2) is 18.2 Å². The first kappa shape index (κ1) is 11.7. The van der Waals surface area contributed by atoms with Gasteiger partial charge < -0.3 is 5.73 Å². The number of ketones is 1. The maximum atomic E-state index is 13.9. The Morgan fingerprint density at radius 1 is 1.41 bits per heavy atom. The summed E-state index contributed by atoms with van der Waals surface area (Å²) in [5.74, 6) is -0.672. The molecule has 1 aliphatic carbocycles. The van der Waals surface area contributed by atoms with Crippen molar-refractivity contribution in [3.8, 4) is 0 Å². The van der Waals surface area contributed by atoms with Crippen molar-refractivity contribution in [3.63, 3.8) is 0 Å². The van der Waals surface area contributed by atoms with Crippen LogP contribution in [0, 0.1) is 12.4 Å². The zero-order chi connectivity index (χ0) is 12.5. The fourth-order valence-electron chi connectivity index (χ4n) is 2.27. The highest BCUT2D eigenvalue weighted by molar-refractivity contribution is 5.90. The third kappa shape index (κ3) is 1.94. The molecule has 0 radical (unpaired) electrons. The Kier molecular flexibility index (Phi) is 2.95.